The van der Waals surface area contributed by atoms with Gasteiger partial charge < -0.3 is 10.1 Å². The Balaban J connectivity index is 1.91. The first-order valence-electron chi connectivity index (χ1n) is 7.29. The summed E-state index contributed by atoms with van der Waals surface area (Å²) in [5, 5.41) is 3.47. The molecule has 0 heterocycles. The highest BCUT2D eigenvalue weighted by Gasteiger charge is 2.33. The molecule has 106 valence electrons. The second-order valence-electron chi connectivity index (χ2n) is 5.44. The van der Waals surface area contributed by atoms with E-state index >= 15 is 0 Å². The molecule has 1 N–H and O–H groups in total. The Morgan fingerprint density at radius 3 is 2.74 bits per heavy atom. The summed E-state index contributed by atoms with van der Waals surface area (Å²) in [6.45, 7) is 5.36. The molecule has 0 radical (unpaired) electrons. The normalized spacial score (nSPS) is 22.3. The van der Waals surface area contributed by atoms with E-state index in [1.165, 1.54) is 18.4 Å². The molecule has 0 saturated heterocycles. The Bertz CT molecular complexity index is 394. The van der Waals surface area contributed by atoms with Gasteiger partial charge >= 0.3 is 0 Å². The number of hydrogen-bond acceptors (Lipinski definition) is 3. The molecule has 2 atom stereocenters. The number of methoxy groups -OCH3 is 1. The van der Waals surface area contributed by atoms with Gasteiger partial charge in [0.25, 0.3) is 0 Å². The number of para-hydroxylation sites is 1. The van der Waals surface area contributed by atoms with Crippen LogP contribution >= 0.6 is 0 Å². The molecular weight excluding hydrogens is 236 g/mol. The van der Waals surface area contributed by atoms with Crippen LogP contribution in [0.25, 0.3) is 0 Å². The van der Waals surface area contributed by atoms with Crippen molar-refractivity contribution >= 4 is 0 Å². The average Bonchev–Trinajstić information content (AvgIpc) is 2.38. The third kappa shape index (κ3) is 3.48. The van der Waals surface area contributed by atoms with Gasteiger partial charge in [-0.15, -0.1) is 0 Å². The molecule has 1 aromatic rings. The van der Waals surface area contributed by atoms with Gasteiger partial charge in [0, 0.05) is 18.2 Å². The number of hydrogen-bond donors (Lipinski definition) is 1. The van der Waals surface area contributed by atoms with Crippen molar-refractivity contribution < 1.29 is 4.74 Å². The summed E-state index contributed by atoms with van der Waals surface area (Å²) in [5.74, 6) is 1.80. The molecule has 1 saturated carbocycles. The van der Waals surface area contributed by atoms with Gasteiger partial charge in [-0.3, -0.25) is 4.90 Å². The van der Waals surface area contributed by atoms with E-state index in [-0.39, 0.29) is 0 Å². The molecule has 0 spiro atoms. The van der Waals surface area contributed by atoms with Crippen molar-refractivity contribution in [3.05, 3.63) is 29.8 Å². The molecule has 3 heteroatoms. The Hall–Kier alpha value is -1.06. The number of ether oxygens (including phenoxy) is 1. The zero-order valence-corrected chi connectivity index (χ0v) is 12.4. The van der Waals surface area contributed by atoms with Gasteiger partial charge in [-0.25, -0.2) is 0 Å². The smallest absolute Gasteiger partial charge is 0.123 e. The molecule has 1 fully saturated rings. The third-order valence-electron chi connectivity index (χ3n) is 4.21. The van der Waals surface area contributed by atoms with Crippen LogP contribution in [-0.2, 0) is 6.54 Å². The topological polar surface area (TPSA) is 24.5 Å². The van der Waals surface area contributed by atoms with Gasteiger partial charge in [-0.2, -0.15) is 0 Å². The summed E-state index contributed by atoms with van der Waals surface area (Å²) >= 11 is 0. The average molecular weight is 262 g/mol. The van der Waals surface area contributed by atoms with Crippen molar-refractivity contribution in [3.8, 4) is 5.75 Å². The Morgan fingerprint density at radius 2 is 2.11 bits per heavy atom. The maximum atomic E-state index is 5.43. The zero-order valence-electron chi connectivity index (χ0n) is 12.4. The highest BCUT2D eigenvalue weighted by atomic mass is 16.5. The first-order chi connectivity index (χ1) is 9.26. The van der Waals surface area contributed by atoms with Crippen LogP contribution in [0.3, 0.4) is 0 Å². The quantitative estimate of drug-likeness (QED) is 0.817. The maximum Gasteiger partial charge on any atom is 0.123 e. The van der Waals surface area contributed by atoms with Gasteiger partial charge in [0.05, 0.1) is 7.11 Å². The van der Waals surface area contributed by atoms with Crippen LogP contribution in [0, 0.1) is 5.92 Å². The molecule has 0 aliphatic heterocycles. The van der Waals surface area contributed by atoms with Gasteiger partial charge in [-0.05, 0) is 45.0 Å². The lowest BCUT2D eigenvalue weighted by molar-refractivity contribution is 0.0778. The summed E-state index contributed by atoms with van der Waals surface area (Å²) in [6.07, 6.45) is 2.68. The fourth-order valence-electron chi connectivity index (χ4n) is 2.92. The van der Waals surface area contributed by atoms with Crippen molar-refractivity contribution in [2.75, 3.05) is 27.2 Å². The standard InChI is InChI=1S/C16H26N2O/c1-4-17-11-13-9-10-15(13)18(2)12-14-7-5-6-8-16(14)19-3/h5-8,13,15,17H,4,9-12H2,1-3H3. The monoisotopic (exact) mass is 262 g/mol. The van der Waals surface area contributed by atoms with Crippen LogP contribution in [-0.4, -0.2) is 38.2 Å². The van der Waals surface area contributed by atoms with Crippen molar-refractivity contribution in [2.45, 2.75) is 32.4 Å². The molecule has 1 aliphatic rings. The predicted octanol–water partition coefficient (Wildman–Crippen LogP) is 2.52. The minimum atomic E-state index is 0.712. The highest BCUT2D eigenvalue weighted by molar-refractivity contribution is 5.33. The van der Waals surface area contributed by atoms with Crippen LogP contribution in [0.4, 0.5) is 0 Å². The molecule has 0 aromatic heterocycles. The van der Waals surface area contributed by atoms with Crippen LogP contribution in [0.15, 0.2) is 24.3 Å². The summed E-state index contributed by atoms with van der Waals surface area (Å²) in [5.41, 5.74) is 1.28. The van der Waals surface area contributed by atoms with E-state index in [0.717, 1.165) is 31.3 Å². The Morgan fingerprint density at radius 1 is 1.32 bits per heavy atom. The SMILES string of the molecule is CCNCC1CCC1N(C)Cc1ccccc1OC. The van der Waals surface area contributed by atoms with E-state index in [1.54, 1.807) is 7.11 Å². The summed E-state index contributed by atoms with van der Waals surface area (Å²) in [6, 6.07) is 9.03. The minimum Gasteiger partial charge on any atom is -0.496 e. The molecular formula is C16H26N2O. The second-order valence-corrected chi connectivity index (χ2v) is 5.44. The van der Waals surface area contributed by atoms with E-state index in [9.17, 15) is 0 Å². The first kappa shape index (κ1) is 14.4. The molecule has 2 rings (SSSR count). The van der Waals surface area contributed by atoms with Crippen LogP contribution < -0.4 is 10.1 Å². The Kier molecular flexibility index (Phi) is 5.23. The number of rotatable bonds is 7. The van der Waals surface area contributed by atoms with Crippen molar-refractivity contribution in [2.24, 2.45) is 5.92 Å². The van der Waals surface area contributed by atoms with Crippen molar-refractivity contribution in [1.82, 2.24) is 10.2 Å². The fraction of sp³-hybridized carbons (Fsp3) is 0.625. The number of nitrogens with zero attached hydrogens (tertiary/aromatic N) is 1. The van der Waals surface area contributed by atoms with Crippen LogP contribution in [0.1, 0.15) is 25.3 Å². The third-order valence-corrected chi connectivity index (χ3v) is 4.21. The van der Waals surface area contributed by atoms with E-state index in [0.29, 0.717) is 6.04 Å². The first-order valence-corrected chi connectivity index (χ1v) is 7.29. The van der Waals surface area contributed by atoms with E-state index < -0.39 is 0 Å². The highest BCUT2D eigenvalue weighted by Crippen LogP contribution is 2.32. The minimum absolute atomic E-state index is 0.712. The maximum absolute atomic E-state index is 5.43. The summed E-state index contributed by atoms with van der Waals surface area (Å²) < 4.78 is 5.43. The molecule has 0 bridgehead atoms. The van der Waals surface area contributed by atoms with Crippen LogP contribution in [0.5, 0.6) is 5.75 Å². The molecule has 0 amide bonds. The lowest BCUT2D eigenvalue weighted by Gasteiger charge is -2.43. The summed E-state index contributed by atoms with van der Waals surface area (Å²) in [7, 11) is 3.98. The molecule has 3 nitrogen and oxygen atoms in total. The second kappa shape index (κ2) is 6.92. The zero-order chi connectivity index (χ0) is 13.7. The molecule has 1 aliphatic carbocycles. The van der Waals surface area contributed by atoms with E-state index in [1.807, 2.05) is 12.1 Å². The van der Waals surface area contributed by atoms with Gasteiger partial charge in [0.15, 0.2) is 0 Å². The molecule has 2 unspecified atom stereocenters. The van der Waals surface area contributed by atoms with Gasteiger partial charge in [-0.1, -0.05) is 25.1 Å². The van der Waals surface area contributed by atoms with Crippen molar-refractivity contribution in [1.29, 1.82) is 0 Å². The molecule has 1 aromatic carbocycles. The predicted molar refractivity (Wildman–Crippen MR) is 79.5 cm³/mol. The molecule has 19 heavy (non-hydrogen) atoms. The number of nitrogens with one attached hydrogen (secondary N) is 1. The lowest BCUT2D eigenvalue weighted by atomic mass is 9.78. The van der Waals surface area contributed by atoms with E-state index in [2.05, 4.69) is 36.3 Å². The fourth-order valence-corrected chi connectivity index (χ4v) is 2.92. The van der Waals surface area contributed by atoms with E-state index in [4.69, 9.17) is 4.74 Å². The summed E-state index contributed by atoms with van der Waals surface area (Å²) in [4.78, 5) is 2.48. The van der Waals surface area contributed by atoms with Gasteiger partial charge in [0.1, 0.15) is 5.75 Å². The Labute approximate surface area is 116 Å². The number of benzene rings is 1. The van der Waals surface area contributed by atoms with Crippen molar-refractivity contribution in [3.63, 3.8) is 0 Å². The van der Waals surface area contributed by atoms with Crippen LogP contribution in [0.2, 0.25) is 0 Å². The lowest BCUT2D eigenvalue weighted by Crippen LogP contribution is -2.48. The van der Waals surface area contributed by atoms with Gasteiger partial charge in [0.2, 0.25) is 0 Å². The largest absolute Gasteiger partial charge is 0.496 e.